The summed E-state index contributed by atoms with van der Waals surface area (Å²) in [6.45, 7) is 1.15. The minimum atomic E-state index is -4.57. The maximum atomic E-state index is 12.5. The summed E-state index contributed by atoms with van der Waals surface area (Å²) in [6.07, 6.45) is -3.04. The normalized spacial score (nSPS) is 13.2. The molecule has 0 fully saturated rings. The number of esters is 1. The van der Waals surface area contributed by atoms with E-state index in [4.69, 9.17) is 9.47 Å². The highest BCUT2D eigenvalue weighted by Gasteiger charge is 2.29. The zero-order valence-electron chi connectivity index (χ0n) is 16.3. The van der Waals surface area contributed by atoms with E-state index in [0.29, 0.717) is 5.56 Å². The van der Waals surface area contributed by atoms with Gasteiger partial charge in [0.15, 0.2) is 18.0 Å². The van der Waals surface area contributed by atoms with Gasteiger partial charge in [-0.05, 0) is 24.6 Å². The second-order valence-corrected chi connectivity index (χ2v) is 7.68. The lowest BCUT2D eigenvalue weighted by Crippen LogP contribution is -2.32. The molecule has 9 nitrogen and oxygen atoms in total. The van der Waals surface area contributed by atoms with E-state index in [2.05, 4.69) is 5.32 Å². The lowest BCUT2D eigenvalue weighted by atomic mass is 10.1. The van der Waals surface area contributed by atoms with E-state index in [1.807, 2.05) is 0 Å². The molecule has 0 spiro atoms. The number of carbonyl (C=O) groups is 3. The van der Waals surface area contributed by atoms with Crippen LogP contribution >= 0.6 is 0 Å². The van der Waals surface area contributed by atoms with Gasteiger partial charge in [0, 0.05) is 7.11 Å². The molecule has 0 saturated heterocycles. The van der Waals surface area contributed by atoms with E-state index in [1.165, 1.54) is 25.3 Å². The molecule has 2 unspecified atom stereocenters. The van der Waals surface area contributed by atoms with Gasteiger partial charge in [-0.15, -0.1) is 0 Å². The Morgan fingerprint density at radius 2 is 1.63 bits per heavy atom. The van der Waals surface area contributed by atoms with Crippen LogP contribution in [0.5, 0.6) is 0 Å². The van der Waals surface area contributed by atoms with Crippen molar-refractivity contribution in [2.75, 3.05) is 12.4 Å². The van der Waals surface area contributed by atoms with Crippen molar-refractivity contribution in [1.82, 2.24) is 0 Å². The molecule has 30 heavy (non-hydrogen) atoms. The molecule has 0 aliphatic heterocycles. The van der Waals surface area contributed by atoms with Gasteiger partial charge in [-0.3, -0.25) is 14.1 Å². The second kappa shape index (κ2) is 10.1. The highest BCUT2D eigenvalue weighted by molar-refractivity contribution is 7.86. The van der Waals surface area contributed by atoms with Crippen molar-refractivity contribution in [3.8, 4) is 0 Å². The average Bonchev–Trinajstić information content (AvgIpc) is 2.68. The number of nitrogens with one attached hydrogen (secondary N) is 1. The van der Waals surface area contributed by atoms with Crippen LogP contribution in [-0.2, 0) is 34.0 Å². The number of ether oxygens (including phenoxy) is 2. The smallest absolute Gasteiger partial charge is 0.340 e. The number of para-hydroxylation sites is 1. The number of carbonyl (C=O) groups excluding carboxylic acids is 3. The first kappa shape index (κ1) is 23.2. The monoisotopic (exact) mass is 435 g/mol. The number of methoxy groups -OCH3 is 1. The summed E-state index contributed by atoms with van der Waals surface area (Å²) >= 11 is 0. The van der Waals surface area contributed by atoms with Crippen molar-refractivity contribution < 1.29 is 36.8 Å². The quantitative estimate of drug-likeness (QED) is 0.452. The molecule has 0 bridgehead atoms. The van der Waals surface area contributed by atoms with Gasteiger partial charge in [-0.1, -0.05) is 42.5 Å². The van der Waals surface area contributed by atoms with Crippen LogP contribution in [0.15, 0.2) is 59.5 Å². The van der Waals surface area contributed by atoms with E-state index in [9.17, 15) is 27.4 Å². The fraction of sp³-hybridized carbons (Fsp3) is 0.250. The van der Waals surface area contributed by atoms with Gasteiger partial charge in [0.25, 0.3) is 10.1 Å². The number of rotatable bonds is 9. The standard InChI is InChI=1S/C20H21NO8S/c1-13(22)16(29-20(24)19(28-2)14-8-4-3-5-9-14)12-18(23)21-15-10-6-7-11-17(15)30(25,26)27/h3-11,16,19H,12H2,1-2H3,(H,21,23)(H,25,26,27). The van der Waals surface area contributed by atoms with Gasteiger partial charge in [-0.25, -0.2) is 4.79 Å². The first-order valence-corrected chi connectivity index (χ1v) is 10.2. The fourth-order valence-corrected chi connectivity index (χ4v) is 3.28. The molecule has 0 aliphatic rings. The lowest BCUT2D eigenvalue weighted by Gasteiger charge is -2.20. The first-order chi connectivity index (χ1) is 14.1. The predicted octanol–water partition coefficient (Wildman–Crippen LogP) is 2.15. The van der Waals surface area contributed by atoms with Gasteiger partial charge >= 0.3 is 5.97 Å². The molecule has 2 aromatic rings. The fourth-order valence-electron chi connectivity index (χ4n) is 2.63. The Morgan fingerprint density at radius 3 is 2.20 bits per heavy atom. The molecule has 0 heterocycles. The number of amides is 1. The maximum absolute atomic E-state index is 12.5. The third kappa shape index (κ3) is 6.21. The van der Waals surface area contributed by atoms with Crippen LogP contribution in [-0.4, -0.2) is 43.8 Å². The van der Waals surface area contributed by atoms with Crippen molar-refractivity contribution >= 4 is 33.5 Å². The third-order valence-electron chi connectivity index (χ3n) is 4.07. The number of benzene rings is 2. The lowest BCUT2D eigenvalue weighted by molar-refractivity contribution is -0.165. The van der Waals surface area contributed by atoms with Crippen LogP contribution in [0.25, 0.3) is 0 Å². The van der Waals surface area contributed by atoms with E-state index < -0.39 is 51.3 Å². The molecule has 2 aromatic carbocycles. The SMILES string of the molecule is COC(C(=O)OC(CC(=O)Nc1ccccc1S(=O)(=O)O)C(C)=O)c1ccccc1. The van der Waals surface area contributed by atoms with Crippen molar-refractivity contribution in [3.05, 3.63) is 60.2 Å². The van der Waals surface area contributed by atoms with Crippen molar-refractivity contribution in [2.45, 2.75) is 30.4 Å². The summed E-state index contributed by atoms with van der Waals surface area (Å²) in [5, 5.41) is 2.30. The number of anilines is 1. The molecule has 2 atom stereocenters. The molecule has 10 heteroatoms. The Morgan fingerprint density at radius 1 is 1.03 bits per heavy atom. The van der Waals surface area contributed by atoms with Gasteiger partial charge < -0.3 is 14.8 Å². The van der Waals surface area contributed by atoms with Crippen LogP contribution in [0.4, 0.5) is 5.69 Å². The number of hydrogen-bond acceptors (Lipinski definition) is 7. The van der Waals surface area contributed by atoms with Crippen LogP contribution < -0.4 is 5.32 Å². The van der Waals surface area contributed by atoms with Gasteiger partial charge in [0.1, 0.15) is 4.90 Å². The average molecular weight is 435 g/mol. The number of ketones is 1. The summed E-state index contributed by atoms with van der Waals surface area (Å²) in [5.41, 5.74) is 0.344. The number of hydrogen-bond donors (Lipinski definition) is 2. The topological polar surface area (TPSA) is 136 Å². The zero-order valence-corrected chi connectivity index (χ0v) is 17.1. The predicted molar refractivity (Wildman–Crippen MR) is 106 cm³/mol. The van der Waals surface area contributed by atoms with Crippen molar-refractivity contribution in [3.63, 3.8) is 0 Å². The Kier molecular flexibility index (Phi) is 7.81. The van der Waals surface area contributed by atoms with Crippen LogP contribution in [0, 0.1) is 0 Å². The molecule has 2 rings (SSSR count). The molecule has 2 N–H and O–H groups in total. The van der Waals surface area contributed by atoms with E-state index >= 15 is 0 Å². The van der Waals surface area contributed by atoms with E-state index in [0.717, 1.165) is 13.0 Å². The molecule has 0 aromatic heterocycles. The van der Waals surface area contributed by atoms with Gasteiger partial charge in [0.05, 0.1) is 12.1 Å². The molecule has 0 saturated carbocycles. The molecular weight excluding hydrogens is 414 g/mol. The van der Waals surface area contributed by atoms with Crippen LogP contribution in [0.2, 0.25) is 0 Å². The Balaban J connectivity index is 2.12. The molecule has 0 radical (unpaired) electrons. The number of Topliss-reactive ketones (excluding diaryl/α,β-unsaturated/α-hetero) is 1. The van der Waals surface area contributed by atoms with E-state index in [1.54, 1.807) is 30.3 Å². The van der Waals surface area contributed by atoms with Gasteiger partial charge in [-0.2, -0.15) is 8.42 Å². The largest absolute Gasteiger partial charge is 0.452 e. The minimum Gasteiger partial charge on any atom is -0.452 e. The Labute approximate surface area is 173 Å². The molecule has 1 amide bonds. The van der Waals surface area contributed by atoms with Crippen molar-refractivity contribution in [1.29, 1.82) is 0 Å². The van der Waals surface area contributed by atoms with Gasteiger partial charge in [0.2, 0.25) is 5.91 Å². The molecule has 0 aliphatic carbocycles. The minimum absolute atomic E-state index is 0.169. The summed E-state index contributed by atoms with van der Waals surface area (Å²) in [6, 6.07) is 13.7. The van der Waals surface area contributed by atoms with Crippen LogP contribution in [0.1, 0.15) is 25.0 Å². The summed E-state index contributed by atoms with van der Waals surface area (Å²) < 4.78 is 42.4. The Bertz CT molecular complexity index is 1020. The Hall–Kier alpha value is -3.08. The maximum Gasteiger partial charge on any atom is 0.340 e. The highest BCUT2D eigenvalue weighted by Crippen LogP contribution is 2.22. The summed E-state index contributed by atoms with van der Waals surface area (Å²) in [4.78, 5) is 36.2. The third-order valence-corrected chi connectivity index (χ3v) is 4.99. The zero-order chi connectivity index (χ0) is 22.3. The first-order valence-electron chi connectivity index (χ1n) is 8.78. The molecular formula is C20H21NO8S. The van der Waals surface area contributed by atoms with Crippen molar-refractivity contribution in [2.24, 2.45) is 0 Å². The molecule has 160 valence electrons. The second-order valence-electron chi connectivity index (χ2n) is 6.29. The summed E-state index contributed by atoms with van der Waals surface area (Å²) in [7, 11) is -3.27. The highest BCUT2D eigenvalue weighted by atomic mass is 32.2. The summed E-state index contributed by atoms with van der Waals surface area (Å²) in [5.74, 6) is -2.22. The van der Waals surface area contributed by atoms with Crippen LogP contribution in [0.3, 0.4) is 0 Å². The van der Waals surface area contributed by atoms with E-state index in [-0.39, 0.29) is 5.69 Å².